The molecule has 0 aliphatic heterocycles. The lowest BCUT2D eigenvalue weighted by atomic mass is 10.2. The Morgan fingerprint density at radius 3 is 2.43 bits per heavy atom. The van der Waals surface area contributed by atoms with E-state index in [2.05, 4.69) is 6.92 Å². The fraction of sp³-hybridized carbons (Fsp3) is 0.533. The van der Waals surface area contributed by atoms with Crippen LogP contribution < -0.4 is 5.73 Å². The maximum atomic E-state index is 11.9. The zero-order chi connectivity index (χ0) is 15.9. The molecule has 0 atom stereocenters. The minimum atomic E-state index is -3.40. The van der Waals surface area contributed by atoms with Crippen molar-refractivity contribution in [3.8, 4) is 0 Å². The molecule has 21 heavy (non-hydrogen) atoms. The van der Waals surface area contributed by atoms with Crippen LogP contribution in [-0.4, -0.2) is 27.2 Å². The standard InChI is InChI=1S/C15H23NO4S/c1-3-4-5-6-7-8-20-15(17)12-9-13(16)11-14(10-12)21(2,18)19/h9-11H,3-8,16H2,1-2H3. The highest BCUT2D eigenvalue weighted by Gasteiger charge is 2.14. The van der Waals surface area contributed by atoms with Gasteiger partial charge in [-0.05, 0) is 24.6 Å². The van der Waals surface area contributed by atoms with Crippen LogP contribution in [0.15, 0.2) is 23.1 Å². The Kier molecular flexibility index (Phi) is 6.68. The summed E-state index contributed by atoms with van der Waals surface area (Å²) < 4.78 is 28.2. The minimum absolute atomic E-state index is 0.0254. The molecular formula is C15H23NO4S. The summed E-state index contributed by atoms with van der Waals surface area (Å²) in [5, 5.41) is 0. The second-order valence-electron chi connectivity index (χ2n) is 5.11. The van der Waals surface area contributed by atoms with E-state index < -0.39 is 15.8 Å². The Bertz CT molecular complexity index is 581. The normalized spacial score (nSPS) is 11.3. The molecular weight excluding hydrogens is 290 g/mol. The monoisotopic (exact) mass is 313 g/mol. The van der Waals surface area contributed by atoms with E-state index in [4.69, 9.17) is 10.5 Å². The second kappa shape index (κ2) is 8.02. The fourth-order valence-electron chi connectivity index (χ4n) is 1.91. The van der Waals surface area contributed by atoms with Crippen LogP contribution in [0.25, 0.3) is 0 Å². The summed E-state index contributed by atoms with van der Waals surface area (Å²) in [6, 6.07) is 4.05. The van der Waals surface area contributed by atoms with Crippen molar-refractivity contribution < 1.29 is 17.9 Å². The smallest absolute Gasteiger partial charge is 0.338 e. The number of anilines is 1. The van der Waals surface area contributed by atoms with E-state index in [0.29, 0.717) is 6.61 Å². The Morgan fingerprint density at radius 1 is 1.14 bits per heavy atom. The lowest BCUT2D eigenvalue weighted by Crippen LogP contribution is -2.09. The number of hydrogen-bond acceptors (Lipinski definition) is 5. The van der Waals surface area contributed by atoms with Gasteiger partial charge in [0.1, 0.15) is 0 Å². The number of esters is 1. The van der Waals surface area contributed by atoms with E-state index >= 15 is 0 Å². The van der Waals surface area contributed by atoms with Gasteiger partial charge in [-0.2, -0.15) is 0 Å². The average molecular weight is 313 g/mol. The first-order valence-corrected chi connectivity index (χ1v) is 9.01. The van der Waals surface area contributed by atoms with Crippen LogP contribution in [0.3, 0.4) is 0 Å². The van der Waals surface area contributed by atoms with Gasteiger partial charge in [0.15, 0.2) is 9.84 Å². The molecule has 0 aromatic heterocycles. The Morgan fingerprint density at radius 2 is 1.81 bits per heavy atom. The molecule has 1 aromatic rings. The Hall–Kier alpha value is -1.56. The molecule has 1 aromatic carbocycles. The topological polar surface area (TPSA) is 86.5 Å². The molecule has 1 rings (SSSR count). The predicted molar refractivity (Wildman–Crippen MR) is 83.0 cm³/mol. The lowest BCUT2D eigenvalue weighted by Gasteiger charge is -2.07. The lowest BCUT2D eigenvalue weighted by molar-refractivity contribution is 0.0497. The number of nitrogens with two attached hydrogens (primary N) is 1. The van der Waals surface area contributed by atoms with Crippen LogP contribution in [0, 0.1) is 0 Å². The average Bonchev–Trinajstić information content (AvgIpc) is 2.40. The van der Waals surface area contributed by atoms with Gasteiger partial charge in [0, 0.05) is 11.9 Å². The molecule has 0 radical (unpaired) electrons. The molecule has 0 bridgehead atoms. The number of ether oxygens (including phenoxy) is 1. The molecule has 0 spiro atoms. The summed E-state index contributed by atoms with van der Waals surface area (Å²) >= 11 is 0. The van der Waals surface area contributed by atoms with E-state index in [-0.39, 0.29) is 16.1 Å². The number of hydrogen-bond donors (Lipinski definition) is 1. The van der Waals surface area contributed by atoms with Crippen LogP contribution in [0.5, 0.6) is 0 Å². The molecule has 2 N–H and O–H groups in total. The predicted octanol–water partition coefficient (Wildman–Crippen LogP) is 2.80. The van der Waals surface area contributed by atoms with E-state index in [9.17, 15) is 13.2 Å². The van der Waals surface area contributed by atoms with Crippen LogP contribution >= 0.6 is 0 Å². The zero-order valence-corrected chi connectivity index (χ0v) is 13.4. The molecule has 0 fully saturated rings. The van der Waals surface area contributed by atoms with E-state index in [1.807, 2.05) is 0 Å². The molecule has 118 valence electrons. The summed E-state index contributed by atoms with van der Waals surface area (Å²) in [5.74, 6) is -0.539. The van der Waals surface area contributed by atoms with E-state index in [1.54, 1.807) is 0 Å². The minimum Gasteiger partial charge on any atom is -0.462 e. The summed E-state index contributed by atoms with van der Waals surface area (Å²) in [6.07, 6.45) is 6.38. The van der Waals surface area contributed by atoms with Gasteiger partial charge >= 0.3 is 5.97 Å². The summed E-state index contributed by atoms with van der Waals surface area (Å²) in [6.45, 7) is 2.48. The molecule has 0 saturated heterocycles. The van der Waals surface area contributed by atoms with Crippen molar-refractivity contribution in [1.29, 1.82) is 0 Å². The molecule has 0 heterocycles. The van der Waals surface area contributed by atoms with Crippen molar-refractivity contribution in [2.45, 2.75) is 43.9 Å². The molecule has 0 amide bonds. The fourth-order valence-corrected chi connectivity index (χ4v) is 2.60. The molecule has 6 heteroatoms. The summed E-state index contributed by atoms with van der Waals surface area (Å²) in [5.41, 5.74) is 6.03. The molecule has 5 nitrogen and oxygen atoms in total. The third-order valence-electron chi connectivity index (χ3n) is 3.07. The highest BCUT2D eigenvalue weighted by molar-refractivity contribution is 7.90. The van der Waals surface area contributed by atoms with Gasteiger partial charge in [0.2, 0.25) is 0 Å². The Balaban J connectivity index is 2.60. The van der Waals surface area contributed by atoms with Gasteiger partial charge in [-0.1, -0.05) is 32.6 Å². The maximum Gasteiger partial charge on any atom is 0.338 e. The molecule has 0 aliphatic carbocycles. The van der Waals surface area contributed by atoms with Gasteiger partial charge < -0.3 is 10.5 Å². The number of carbonyl (C=O) groups is 1. The quantitative estimate of drug-likeness (QED) is 0.453. The van der Waals surface area contributed by atoms with Crippen molar-refractivity contribution in [1.82, 2.24) is 0 Å². The first-order chi connectivity index (χ1) is 9.84. The first kappa shape index (κ1) is 17.5. The third kappa shape index (κ3) is 6.16. The van der Waals surface area contributed by atoms with Gasteiger partial charge in [0.05, 0.1) is 17.1 Å². The van der Waals surface area contributed by atoms with Crippen molar-refractivity contribution in [3.63, 3.8) is 0 Å². The number of benzene rings is 1. The van der Waals surface area contributed by atoms with E-state index in [0.717, 1.165) is 31.9 Å². The first-order valence-electron chi connectivity index (χ1n) is 7.12. The molecule has 0 aliphatic rings. The van der Waals surface area contributed by atoms with Crippen molar-refractivity contribution >= 4 is 21.5 Å². The van der Waals surface area contributed by atoms with Crippen molar-refractivity contribution in [3.05, 3.63) is 23.8 Å². The maximum absolute atomic E-state index is 11.9. The largest absolute Gasteiger partial charge is 0.462 e. The molecule has 0 saturated carbocycles. The summed E-state index contributed by atoms with van der Waals surface area (Å²) in [7, 11) is -3.40. The van der Waals surface area contributed by atoms with Crippen molar-refractivity contribution in [2.24, 2.45) is 0 Å². The SMILES string of the molecule is CCCCCCCOC(=O)c1cc(N)cc(S(C)(=O)=O)c1. The highest BCUT2D eigenvalue weighted by atomic mass is 32.2. The number of rotatable bonds is 8. The molecule has 0 unspecified atom stereocenters. The number of carbonyl (C=O) groups excluding carboxylic acids is 1. The van der Waals surface area contributed by atoms with Crippen LogP contribution in [0.4, 0.5) is 5.69 Å². The van der Waals surface area contributed by atoms with Crippen LogP contribution in [0.2, 0.25) is 0 Å². The van der Waals surface area contributed by atoms with Gasteiger partial charge in [0.25, 0.3) is 0 Å². The van der Waals surface area contributed by atoms with E-state index in [1.165, 1.54) is 24.6 Å². The van der Waals surface area contributed by atoms with Gasteiger partial charge in [-0.3, -0.25) is 0 Å². The number of sulfone groups is 1. The van der Waals surface area contributed by atoms with Crippen LogP contribution in [0.1, 0.15) is 49.4 Å². The third-order valence-corrected chi connectivity index (χ3v) is 4.17. The zero-order valence-electron chi connectivity index (χ0n) is 12.6. The van der Waals surface area contributed by atoms with Crippen LogP contribution in [-0.2, 0) is 14.6 Å². The summed E-state index contributed by atoms with van der Waals surface area (Å²) in [4.78, 5) is 11.9. The van der Waals surface area contributed by atoms with Gasteiger partial charge in [-0.15, -0.1) is 0 Å². The van der Waals surface area contributed by atoms with Crippen molar-refractivity contribution in [2.75, 3.05) is 18.6 Å². The van der Waals surface area contributed by atoms with Gasteiger partial charge in [-0.25, -0.2) is 13.2 Å². The Labute approximate surface area is 126 Å². The number of unbranched alkanes of at least 4 members (excludes halogenated alkanes) is 4. The highest BCUT2D eigenvalue weighted by Crippen LogP contribution is 2.17. The second-order valence-corrected chi connectivity index (χ2v) is 7.13. The number of nitrogen functional groups attached to an aromatic ring is 1.